The van der Waals surface area contributed by atoms with Gasteiger partial charge in [0, 0.05) is 18.6 Å². The second-order valence-electron chi connectivity index (χ2n) is 4.91. The summed E-state index contributed by atoms with van der Waals surface area (Å²) in [5.41, 5.74) is 0.295. The fourth-order valence-corrected chi connectivity index (χ4v) is 3.12. The summed E-state index contributed by atoms with van der Waals surface area (Å²) in [5.74, 6) is -0.0360. The maximum atomic E-state index is 12.1. The Morgan fingerprint density at radius 1 is 1.63 bits per heavy atom. The fourth-order valence-electron chi connectivity index (χ4n) is 2.14. The molecule has 0 saturated carbocycles. The minimum Gasteiger partial charge on any atom is -0.378 e. The molecule has 2 heterocycles. The molecule has 0 aliphatic carbocycles. The van der Waals surface area contributed by atoms with Crippen molar-refractivity contribution in [2.45, 2.75) is 45.4 Å². The Bertz CT molecular complexity index is 453. The van der Waals surface area contributed by atoms with E-state index in [9.17, 15) is 4.79 Å². The molecule has 1 N–H and O–H groups in total. The highest BCUT2D eigenvalue weighted by molar-refractivity contribution is 7.11. The molecular weight excluding hydrogens is 264 g/mol. The highest BCUT2D eigenvalue weighted by Gasteiger charge is 2.37. The number of ether oxygens (including phenoxy) is 2. The SMILES string of the molecule is COCc1nc(C)c(CNC(=O)[C@]2(C)CCCO2)s1. The number of aromatic nitrogens is 1. The molecule has 1 aliphatic rings. The second-order valence-corrected chi connectivity index (χ2v) is 6.08. The first-order chi connectivity index (χ1) is 9.05. The van der Waals surface area contributed by atoms with Gasteiger partial charge in [0.05, 0.1) is 18.8 Å². The van der Waals surface area contributed by atoms with Crippen molar-refractivity contribution in [3.63, 3.8) is 0 Å². The number of aryl methyl sites for hydroxylation is 1. The molecule has 6 heteroatoms. The number of thiazole rings is 1. The number of rotatable bonds is 5. The topological polar surface area (TPSA) is 60.5 Å². The Balaban J connectivity index is 1.93. The van der Waals surface area contributed by atoms with E-state index >= 15 is 0 Å². The van der Waals surface area contributed by atoms with Crippen molar-refractivity contribution in [1.82, 2.24) is 10.3 Å². The molecule has 0 radical (unpaired) electrons. The van der Waals surface area contributed by atoms with Crippen LogP contribution in [-0.4, -0.2) is 30.2 Å². The number of carbonyl (C=O) groups is 1. The zero-order valence-corrected chi connectivity index (χ0v) is 12.4. The first kappa shape index (κ1) is 14.4. The molecule has 19 heavy (non-hydrogen) atoms. The van der Waals surface area contributed by atoms with E-state index in [0.29, 0.717) is 19.8 Å². The van der Waals surface area contributed by atoms with Crippen molar-refractivity contribution in [2.24, 2.45) is 0 Å². The number of hydrogen-bond acceptors (Lipinski definition) is 5. The third-order valence-electron chi connectivity index (χ3n) is 3.31. The maximum Gasteiger partial charge on any atom is 0.252 e. The van der Waals surface area contributed by atoms with E-state index in [0.717, 1.165) is 28.4 Å². The largest absolute Gasteiger partial charge is 0.378 e. The third kappa shape index (κ3) is 3.32. The van der Waals surface area contributed by atoms with Crippen LogP contribution in [0.3, 0.4) is 0 Å². The molecule has 0 bridgehead atoms. The van der Waals surface area contributed by atoms with Crippen LogP contribution in [0.1, 0.15) is 35.3 Å². The maximum absolute atomic E-state index is 12.1. The Labute approximate surface area is 117 Å². The lowest BCUT2D eigenvalue weighted by Gasteiger charge is -2.21. The molecule has 106 valence electrons. The molecule has 0 spiro atoms. The number of hydrogen-bond donors (Lipinski definition) is 1. The van der Waals surface area contributed by atoms with Crippen LogP contribution in [0, 0.1) is 6.92 Å². The zero-order valence-electron chi connectivity index (χ0n) is 11.6. The molecule has 1 amide bonds. The van der Waals surface area contributed by atoms with Crippen LogP contribution in [0.25, 0.3) is 0 Å². The first-order valence-corrected chi connectivity index (χ1v) is 7.23. The highest BCUT2D eigenvalue weighted by atomic mass is 32.1. The van der Waals surface area contributed by atoms with Crippen LogP contribution in [0.4, 0.5) is 0 Å². The summed E-state index contributed by atoms with van der Waals surface area (Å²) < 4.78 is 10.6. The molecule has 2 rings (SSSR count). The number of nitrogens with one attached hydrogen (secondary N) is 1. The standard InChI is InChI=1S/C13H20N2O3S/c1-9-10(19-11(15-9)8-17-3)7-14-12(16)13(2)5-4-6-18-13/h4-8H2,1-3H3,(H,14,16)/t13-/m0/s1. The molecule has 1 aromatic heterocycles. The summed E-state index contributed by atoms with van der Waals surface area (Å²) in [4.78, 5) is 17.6. The Kier molecular flexibility index (Phi) is 4.54. The summed E-state index contributed by atoms with van der Waals surface area (Å²) in [5, 5.41) is 3.88. The van der Waals surface area contributed by atoms with Crippen LogP contribution < -0.4 is 5.32 Å². The summed E-state index contributed by atoms with van der Waals surface area (Å²) >= 11 is 1.58. The Hall–Kier alpha value is -0.980. The lowest BCUT2D eigenvalue weighted by Crippen LogP contribution is -2.43. The van der Waals surface area contributed by atoms with Crippen molar-refractivity contribution in [1.29, 1.82) is 0 Å². The molecule has 0 unspecified atom stereocenters. The monoisotopic (exact) mass is 284 g/mol. The minimum absolute atomic E-state index is 0.0360. The van der Waals surface area contributed by atoms with E-state index in [1.165, 1.54) is 0 Å². The van der Waals surface area contributed by atoms with Gasteiger partial charge < -0.3 is 14.8 Å². The average Bonchev–Trinajstić information content (AvgIpc) is 2.95. The molecule has 1 fully saturated rings. The van der Waals surface area contributed by atoms with Crippen LogP contribution in [0.5, 0.6) is 0 Å². The van der Waals surface area contributed by atoms with E-state index in [1.807, 2.05) is 13.8 Å². The van der Waals surface area contributed by atoms with E-state index in [2.05, 4.69) is 10.3 Å². The van der Waals surface area contributed by atoms with E-state index < -0.39 is 5.60 Å². The minimum atomic E-state index is -0.659. The number of amides is 1. The molecule has 1 aromatic rings. The van der Waals surface area contributed by atoms with Crippen LogP contribution in [0.2, 0.25) is 0 Å². The normalized spacial score (nSPS) is 22.7. The van der Waals surface area contributed by atoms with Gasteiger partial charge in [0.25, 0.3) is 5.91 Å². The summed E-state index contributed by atoms with van der Waals surface area (Å²) in [7, 11) is 1.65. The lowest BCUT2D eigenvalue weighted by molar-refractivity contribution is -0.139. The highest BCUT2D eigenvalue weighted by Crippen LogP contribution is 2.25. The molecule has 0 aromatic carbocycles. The van der Waals surface area contributed by atoms with Gasteiger partial charge in [0.1, 0.15) is 10.6 Å². The fraction of sp³-hybridized carbons (Fsp3) is 0.692. The zero-order chi connectivity index (χ0) is 13.9. The van der Waals surface area contributed by atoms with Gasteiger partial charge >= 0.3 is 0 Å². The first-order valence-electron chi connectivity index (χ1n) is 6.41. The van der Waals surface area contributed by atoms with Gasteiger partial charge in [-0.1, -0.05) is 0 Å². The van der Waals surface area contributed by atoms with Gasteiger partial charge in [0.15, 0.2) is 0 Å². The van der Waals surface area contributed by atoms with Gasteiger partial charge in [-0.2, -0.15) is 0 Å². The number of carbonyl (C=O) groups excluding carboxylic acids is 1. The molecule has 5 nitrogen and oxygen atoms in total. The van der Waals surface area contributed by atoms with Gasteiger partial charge in [-0.05, 0) is 26.7 Å². The molecular formula is C13H20N2O3S. The van der Waals surface area contributed by atoms with Crippen LogP contribution in [-0.2, 0) is 27.4 Å². The van der Waals surface area contributed by atoms with Crippen molar-refractivity contribution in [3.8, 4) is 0 Å². The summed E-state index contributed by atoms with van der Waals surface area (Å²) in [6.07, 6.45) is 1.73. The second kappa shape index (κ2) is 5.98. The van der Waals surface area contributed by atoms with Crippen molar-refractivity contribution in [3.05, 3.63) is 15.6 Å². The third-order valence-corrected chi connectivity index (χ3v) is 4.44. The quantitative estimate of drug-likeness (QED) is 0.895. The van der Waals surface area contributed by atoms with Gasteiger partial charge in [-0.3, -0.25) is 4.79 Å². The van der Waals surface area contributed by atoms with Crippen molar-refractivity contribution >= 4 is 17.2 Å². The summed E-state index contributed by atoms with van der Waals surface area (Å²) in [6.45, 7) is 5.49. The van der Waals surface area contributed by atoms with E-state index in [1.54, 1.807) is 18.4 Å². The van der Waals surface area contributed by atoms with Crippen molar-refractivity contribution in [2.75, 3.05) is 13.7 Å². The molecule has 1 aliphatic heterocycles. The van der Waals surface area contributed by atoms with Crippen molar-refractivity contribution < 1.29 is 14.3 Å². The molecule has 1 saturated heterocycles. The van der Waals surface area contributed by atoms with E-state index in [-0.39, 0.29) is 5.91 Å². The Morgan fingerprint density at radius 3 is 3.05 bits per heavy atom. The number of methoxy groups -OCH3 is 1. The smallest absolute Gasteiger partial charge is 0.252 e. The summed E-state index contributed by atoms with van der Waals surface area (Å²) in [6, 6.07) is 0. The van der Waals surface area contributed by atoms with Crippen LogP contribution >= 0.6 is 11.3 Å². The van der Waals surface area contributed by atoms with E-state index in [4.69, 9.17) is 9.47 Å². The predicted octanol–water partition coefficient (Wildman–Crippen LogP) is 1.78. The Morgan fingerprint density at radius 2 is 2.42 bits per heavy atom. The average molecular weight is 284 g/mol. The number of nitrogens with zero attached hydrogens (tertiary/aromatic N) is 1. The van der Waals surface area contributed by atoms with Gasteiger partial charge in [-0.25, -0.2) is 4.98 Å². The predicted molar refractivity (Wildman–Crippen MR) is 73.0 cm³/mol. The van der Waals surface area contributed by atoms with Crippen LogP contribution in [0.15, 0.2) is 0 Å². The van der Waals surface area contributed by atoms with Gasteiger partial charge in [-0.15, -0.1) is 11.3 Å². The van der Waals surface area contributed by atoms with Gasteiger partial charge in [0.2, 0.25) is 0 Å². The molecule has 1 atom stereocenters. The lowest BCUT2D eigenvalue weighted by atomic mass is 10.0.